The standard InChI is InChI=1S/C10H8Br2ClN/c1-2-7(11)3-4-8-5-9(12)10(13)6-14-8/h2-4,6H,1,5H2/b7-3+,8-4+. The molecule has 0 unspecified atom stereocenters. The van der Waals surface area contributed by atoms with Crippen molar-refractivity contribution in [1.82, 2.24) is 0 Å². The molecule has 1 nitrogen and oxygen atoms in total. The Bertz CT molecular complexity index is 364. The van der Waals surface area contributed by atoms with Crippen molar-refractivity contribution in [3.05, 3.63) is 44.5 Å². The van der Waals surface area contributed by atoms with Gasteiger partial charge in [0.25, 0.3) is 0 Å². The first-order chi connectivity index (χ1) is 6.63. The van der Waals surface area contributed by atoms with Crippen molar-refractivity contribution in [2.45, 2.75) is 6.42 Å². The summed E-state index contributed by atoms with van der Waals surface area (Å²) in [6, 6.07) is 0. The van der Waals surface area contributed by atoms with Gasteiger partial charge in [0.05, 0.1) is 5.03 Å². The van der Waals surface area contributed by atoms with E-state index in [4.69, 9.17) is 11.6 Å². The summed E-state index contributed by atoms with van der Waals surface area (Å²) in [5.74, 6) is 0. The number of halogens is 3. The molecule has 0 spiro atoms. The van der Waals surface area contributed by atoms with Crippen LogP contribution in [0, 0.1) is 0 Å². The van der Waals surface area contributed by atoms with E-state index in [0.717, 1.165) is 21.1 Å². The van der Waals surface area contributed by atoms with Crippen LogP contribution in [0.15, 0.2) is 49.5 Å². The van der Waals surface area contributed by atoms with Gasteiger partial charge in [-0.25, -0.2) is 0 Å². The van der Waals surface area contributed by atoms with Gasteiger partial charge in [0.2, 0.25) is 0 Å². The molecule has 0 aromatic rings. The van der Waals surface area contributed by atoms with Crippen LogP contribution in [0.1, 0.15) is 6.42 Å². The Kier molecular flexibility index (Phi) is 4.85. The molecule has 0 aliphatic carbocycles. The molecule has 74 valence electrons. The molecule has 0 fully saturated rings. The van der Waals surface area contributed by atoms with Crippen LogP contribution in [0.4, 0.5) is 0 Å². The number of hydrogen-bond acceptors (Lipinski definition) is 1. The van der Waals surface area contributed by atoms with Crippen LogP contribution in [0.3, 0.4) is 0 Å². The fourth-order valence-electron chi connectivity index (χ4n) is 0.845. The lowest BCUT2D eigenvalue weighted by atomic mass is 10.2. The van der Waals surface area contributed by atoms with E-state index in [2.05, 4.69) is 43.4 Å². The average molecular weight is 337 g/mol. The van der Waals surface area contributed by atoms with Crippen molar-refractivity contribution in [1.29, 1.82) is 0 Å². The fourth-order valence-corrected chi connectivity index (χ4v) is 1.48. The van der Waals surface area contributed by atoms with Gasteiger partial charge in [0.1, 0.15) is 0 Å². The first kappa shape index (κ1) is 12.0. The molecule has 0 aromatic heterocycles. The number of nitrogens with zero attached hydrogens (tertiary/aromatic N) is 1. The third-order valence-corrected chi connectivity index (χ3v) is 3.42. The number of rotatable bonds is 2. The average Bonchev–Trinajstić information content (AvgIpc) is 2.19. The highest BCUT2D eigenvalue weighted by molar-refractivity contribution is 9.12. The lowest BCUT2D eigenvalue weighted by Crippen LogP contribution is -1.91. The summed E-state index contributed by atoms with van der Waals surface area (Å²) in [4.78, 5) is 4.18. The van der Waals surface area contributed by atoms with E-state index >= 15 is 0 Å². The Hall–Kier alpha value is -0.120. The van der Waals surface area contributed by atoms with Crippen molar-refractivity contribution in [2.75, 3.05) is 0 Å². The van der Waals surface area contributed by atoms with E-state index in [1.807, 2.05) is 12.2 Å². The molecule has 0 aromatic carbocycles. The van der Waals surface area contributed by atoms with Crippen LogP contribution in [-0.2, 0) is 0 Å². The van der Waals surface area contributed by atoms with E-state index in [9.17, 15) is 0 Å². The van der Waals surface area contributed by atoms with Gasteiger partial charge in [-0.3, -0.25) is 4.99 Å². The van der Waals surface area contributed by atoms with E-state index in [0.29, 0.717) is 5.03 Å². The second-order valence-corrected chi connectivity index (χ2v) is 4.88. The minimum Gasteiger partial charge on any atom is -0.259 e. The van der Waals surface area contributed by atoms with Crippen LogP contribution in [-0.4, -0.2) is 6.21 Å². The van der Waals surface area contributed by atoms with E-state index < -0.39 is 0 Å². The zero-order chi connectivity index (χ0) is 10.6. The highest BCUT2D eigenvalue weighted by atomic mass is 79.9. The summed E-state index contributed by atoms with van der Waals surface area (Å²) >= 11 is 12.5. The largest absolute Gasteiger partial charge is 0.259 e. The van der Waals surface area contributed by atoms with Crippen molar-refractivity contribution in [2.24, 2.45) is 4.99 Å². The maximum absolute atomic E-state index is 5.84. The van der Waals surface area contributed by atoms with Crippen LogP contribution in [0.2, 0.25) is 0 Å². The van der Waals surface area contributed by atoms with Crippen LogP contribution in [0.25, 0.3) is 0 Å². The summed E-state index contributed by atoms with van der Waals surface area (Å²) in [6.45, 7) is 3.63. The molecule has 0 amide bonds. The Morgan fingerprint density at radius 2 is 2.36 bits per heavy atom. The van der Waals surface area contributed by atoms with Crippen molar-refractivity contribution >= 4 is 49.7 Å². The SMILES string of the molecule is C=C/C(Br)=C\C=C1/CC(Br)=C(Cl)C=N1. The van der Waals surface area contributed by atoms with Crippen molar-refractivity contribution < 1.29 is 0 Å². The van der Waals surface area contributed by atoms with E-state index in [-0.39, 0.29) is 0 Å². The second-order valence-electron chi connectivity index (χ2n) is 2.60. The summed E-state index contributed by atoms with van der Waals surface area (Å²) < 4.78 is 1.89. The number of allylic oxidation sites excluding steroid dienone is 6. The van der Waals surface area contributed by atoms with Crippen molar-refractivity contribution in [3.63, 3.8) is 0 Å². The summed E-state index contributed by atoms with van der Waals surface area (Å²) in [7, 11) is 0. The molecule has 0 atom stereocenters. The smallest absolute Gasteiger partial charge is 0.0693 e. The first-order valence-electron chi connectivity index (χ1n) is 3.90. The van der Waals surface area contributed by atoms with Gasteiger partial charge in [-0.15, -0.1) is 0 Å². The Labute approximate surface area is 105 Å². The van der Waals surface area contributed by atoms with Crippen molar-refractivity contribution in [3.8, 4) is 0 Å². The third-order valence-electron chi connectivity index (χ3n) is 1.57. The molecular formula is C10H8Br2ClN. The predicted octanol–water partition coefficient (Wildman–Crippen LogP) is 4.65. The topological polar surface area (TPSA) is 12.4 Å². The Morgan fingerprint density at radius 3 is 2.93 bits per heavy atom. The third kappa shape index (κ3) is 3.56. The van der Waals surface area contributed by atoms with E-state index in [1.54, 1.807) is 12.3 Å². The van der Waals surface area contributed by atoms with Crippen LogP contribution < -0.4 is 0 Å². The summed E-state index contributed by atoms with van der Waals surface area (Å²) in [6.07, 6.45) is 7.91. The van der Waals surface area contributed by atoms with Gasteiger partial charge in [0, 0.05) is 27.3 Å². The molecule has 14 heavy (non-hydrogen) atoms. The molecule has 0 N–H and O–H groups in total. The molecule has 1 heterocycles. The molecule has 1 rings (SSSR count). The highest BCUT2D eigenvalue weighted by Crippen LogP contribution is 2.27. The Morgan fingerprint density at radius 1 is 1.64 bits per heavy atom. The number of hydrogen-bond donors (Lipinski definition) is 0. The number of aliphatic imine (C=N–C) groups is 1. The Balaban J connectivity index is 2.77. The lowest BCUT2D eigenvalue weighted by molar-refractivity contribution is 1.14. The monoisotopic (exact) mass is 335 g/mol. The van der Waals surface area contributed by atoms with Crippen LogP contribution >= 0.6 is 43.5 Å². The molecule has 0 radical (unpaired) electrons. The van der Waals surface area contributed by atoms with Gasteiger partial charge >= 0.3 is 0 Å². The second kappa shape index (κ2) is 5.69. The molecule has 0 saturated carbocycles. The van der Waals surface area contributed by atoms with Crippen LogP contribution in [0.5, 0.6) is 0 Å². The van der Waals surface area contributed by atoms with Gasteiger partial charge in [-0.1, -0.05) is 56.1 Å². The minimum absolute atomic E-state index is 0.661. The van der Waals surface area contributed by atoms with Gasteiger partial charge in [-0.2, -0.15) is 0 Å². The van der Waals surface area contributed by atoms with E-state index in [1.165, 1.54) is 0 Å². The maximum Gasteiger partial charge on any atom is 0.0693 e. The zero-order valence-corrected chi connectivity index (χ0v) is 11.2. The maximum atomic E-state index is 5.84. The fraction of sp³-hybridized carbons (Fsp3) is 0.100. The molecule has 1 aliphatic heterocycles. The predicted molar refractivity (Wildman–Crippen MR) is 70.2 cm³/mol. The molecular weight excluding hydrogens is 329 g/mol. The first-order valence-corrected chi connectivity index (χ1v) is 5.87. The quantitative estimate of drug-likeness (QED) is 0.650. The summed E-state index contributed by atoms with van der Waals surface area (Å²) in [5, 5.41) is 0.661. The molecule has 0 bridgehead atoms. The lowest BCUT2D eigenvalue weighted by Gasteiger charge is -2.06. The van der Waals surface area contributed by atoms with Gasteiger partial charge < -0.3 is 0 Å². The normalized spacial score (nSPS) is 20.5. The van der Waals surface area contributed by atoms with Gasteiger partial charge in [-0.05, 0) is 12.2 Å². The molecule has 4 heteroatoms. The molecule has 0 saturated heterocycles. The zero-order valence-electron chi connectivity index (χ0n) is 7.30. The molecule has 1 aliphatic rings. The summed E-state index contributed by atoms with van der Waals surface area (Å²) in [5.41, 5.74) is 0.958. The number of dihydropyridines is 1. The van der Waals surface area contributed by atoms with Gasteiger partial charge in [0.15, 0.2) is 0 Å². The highest BCUT2D eigenvalue weighted by Gasteiger charge is 2.07. The minimum atomic E-state index is 0.661.